The van der Waals surface area contributed by atoms with Crippen LogP contribution >= 0.6 is 0 Å². The minimum Gasteiger partial charge on any atom is -0.354 e. The summed E-state index contributed by atoms with van der Waals surface area (Å²) < 4.78 is 0. The van der Waals surface area contributed by atoms with Gasteiger partial charge >= 0.3 is 0 Å². The number of hydrogen-bond donors (Lipinski definition) is 0. The van der Waals surface area contributed by atoms with Crippen molar-refractivity contribution in [2.45, 2.75) is 19.4 Å². The van der Waals surface area contributed by atoms with Gasteiger partial charge in [0.15, 0.2) is 0 Å². The Labute approximate surface area is 172 Å². The molecule has 2 aromatic carbocycles. The summed E-state index contributed by atoms with van der Waals surface area (Å²) in [5, 5.41) is 0. The highest BCUT2D eigenvalue weighted by Crippen LogP contribution is 2.38. The van der Waals surface area contributed by atoms with Gasteiger partial charge in [0, 0.05) is 49.5 Å². The number of anilines is 3. The highest BCUT2D eigenvalue weighted by molar-refractivity contribution is 5.71. The molecule has 0 saturated carbocycles. The molecular formula is C24H27N5. The second-order valence-corrected chi connectivity index (χ2v) is 8.12. The first-order valence-electron chi connectivity index (χ1n) is 10.4. The molecule has 3 heterocycles. The van der Waals surface area contributed by atoms with Crippen molar-refractivity contribution in [2.24, 2.45) is 0 Å². The van der Waals surface area contributed by atoms with Crippen molar-refractivity contribution in [3.8, 4) is 11.3 Å². The van der Waals surface area contributed by atoms with Gasteiger partial charge < -0.3 is 14.7 Å². The Morgan fingerprint density at radius 2 is 1.59 bits per heavy atom. The zero-order valence-electron chi connectivity index (χ0n) is 17.1. The molecule has 1 fully saturated rings. The van der Waals surface area contributed by atoms with Gasteiger partial charge in [-0.3, -0.25) is 0 Å². The Kier molecular flexibility index (Phi) is 4.68. The lowest BCUT2D eigenvalue weighted by atomic mass is 10.1. The van der Waals surface area contributed by atoms with Crippen LogP contribution in [0.1, 0.15) is 12.5 Å². The molecule has 0 N–H and O–H groups in total. The second-order valence-electron chi connectivity index (χ2n) is 8.12. The van der Waals surface area contributed by atoms with E-state index in [1.165, 1.54) is 11.3 Å². The normalized spacial score (nSPS) is 19.4. The summed E-state index contributed by atoms with van der Waals surface area (Å²) in [6.07, 6.45) is 1.03. The first-order valence-corrected chi connectivity index (χ1v) is 10.4. The van der Waals surface area contributed by atoms with Crippen molar-refractivity contribution in [3.05, 3.63) is 66.2 Å². The Morgan fingerprint density at radius 3 is 2.38 bits per heavy atom. The van der Waals surface area contributed by atoms with Gasteiger partial charge in [0.2, 0.25) is 5.95 Å². The van der Waals surface area contributed by atoms with Crippen LogP contribution in [-0.4, -0.2) is 54.1 Å². The van der Waals surface area contributed by atoms with Gasteiger partial charge in [-0.05, 0) is 32.0 Å². The summed E-state index contributed by atoms with van der Waals surface area (Å²) in [6, 6.07) is 21.6. The maximum absolute atomic E-state index is 5.06. The third kappa shape index (κ3) is 3.47. The number of rotatable bonds is 3. The summed E-state index contributed by atoms with van der Waals surface area (Å²) in [4.78, 5) is 17.2. The average molecular weight is 386 g/mol. The van der Waals surface area contributed by atoms with Crippen LogP contribution in [0.15, 0.2) is 60.7 Å². The van der Waals surface area contributed by atoms with E-state index in [0.29, 0.717) is 6.04 Å². The van der Waals surface area contributed by atoms with Crippen molar-refractivity contribution in [3.63, 3.8) is 0 Å². The van der Waals surface area contributed by atoms with Crippen LogP contribution in [0.5, 0.6) is 0 Å². The van der Waals surface area contributed by atoms with Gasteiger partial charge in [-0.15, -0.1) is 0 Å². The lowest BCUT2D eigenvalue weighted by Crippen LogP contribution is -2.45. The van der Waals surface area contributed by atoms with Gasteiger partial charge in [-0.1, -0.05) is 48.5 Å². The zero-order chi connectivity index (χ0) is 19.8. The van der Waals surface area contributed by atoms with E-state index in [1.807, 2.05) is 6.07 Å². The third-order valence-electron chi connectivity index (χ3n) is 6.02. The van der Waals surface area contributed by atoms with Crippen molar-refractivity contribution in [2.75, 3.05) is 43.0 Å². The molecular weight excluding hydrogens is 358 g/mol. The molecule has 5 rings (SSSR count). The molecule has 148 valence electrons. The molecule has 29 heavy (non-hydrogen) atoms. The Hall–Kier alpha value is -2.92. The van der Waals surface area contributed by atoms with Crippen LogP contribution in [0, 0.1) is 0 Å². The molecule has 0 amide bonds. The number of fused-ring (bicyclic) bond motifs is 1. The van der Waals surface area contributed by atoms with Gasteiger partial charge in [0.1, 0.15) is 5.82 Å². The van der Waals surface area contributed by atoms with Crippen LogP contribution in [0.4, 0.5) is 17.5 Å². The lowest BCUT2D eigenvalue weighted by molar-refractivity contribution is 0.312. The number of likely N-dealkylation sites (N-methyl/N-ethyl adjacent to an activating group) is 1. The molecule has 2 aliphatic rings. The quantitative estimate of drug-likeness (QED) is 0.682. The van der Waals surface area contributed by atoms with Crippen molar-refractivity contribution in [1.29, 1.82) is 0 Å². The monoisotopic (exact) mass is 385 g/mol. The number of piperazine rings is 1. The van der Waals surface area contributed by atoms with Crippen LogP contribution in [0.2, 0.25) is 0 Å². The standard InChI is InChI=1S/C24H27N5/c1-18-16-20-10-6-7-11-22(20)29(18)24-25-21(19-8-4-3-5-9-19)17-23(26-24)28-14-12-27(2)13-15-28/h3-11,17-18H,12-16H2,1-2H3. The Bertz CT molecular complexity index is 995. The van der Waals surface area contributed by atoms with E-state index in [2.05, 4.69) is 83.3 Å². The fourth-order valence-electron chi connectivity index (χ4n) is 4.35. The molecule has 2 aliphatic heterocycles. The van der Waals surface area contributed by atoms with E-state index in [4.69, 9.17) is 9.97 Å². The summed E-state index contributed by atoms with van der Waals surface area (Å²) in [5.41, 5.74) is 4.72. The fraction of sp³-hybridized carbons (Fsp3) is 0.333. The summed E-state index contributed by atoms with van der Waals surface area (Å²) in [5.74, 6) is 1.83. The number of aromatic nitrogens is 2. The topological polar surface area (TPSA) is 35.5 Å². The van der Waals surface area contributed by atoms with Gasteiger partial charge in [-0.2, -0.15) is 4.98 Å². The Morgan fingerprint density at radius 1 is 0.862 bits per heavy atom. The van der Waals surface area contributed by atoms with E-state index >= 15 is 0 Å². The summed E-state index contributed by atoms with van der Waals surface area (Å²) in [7, 11) is 2.18. The smallest absolute Gasteiger partial charge is 0.232 e. The number of para-hydroxylation sites is 1. The largest absolute Gasteiger partial charge is 0.354 e. The number of nitrogens with zero attached hydrogens (tertiary/aromatic N) is 5. The SMILES string of the molecule is CC1Cc2ccccc2N1c1nc(-c2ccccc2)cc(N2CCN(C)CC2)n1. The lowest BCUT2D eigenvalue weighted by Gasteiger charge is -2.34. The minimum atomic E-state index is 0.346. The van der Waals surface area contributed by atoms with Crippen molar-refractivity contribution >= 4 is 17.5 Å². The van der Waals surface area contributed by atoms with E-state index in [1.54, 1.807) is 0 Å². The Balaban J connectivity index is 1.60. The van der Waals surface area contributed by atoms with E-state index < -0.39 is 0 Å². The molecule has 1 atom stereocenters. The van der Waals surface area contributed by atoms with E-state index in [-0.39, 0.29) is 0 Å². The molecule has 1 unspecified atom stereocenters. The average Bonchev–Trinajstić information content (AvgIpc) is 3.10. The van der Waals surface area contributed by atoms with Crippen LogP contribution in [-0.2, 0) is 6.42 Å². The molecule has 0 bridgehead atoms. The van der Waals surface area contributed by atoms with Gasteiger partial charge in [-0.25, -0.2) is 4.98 Å². The molecule has 3 aromatic rings. The van der Waals surface area contributed by atoms with Crippen LogP contribution in [0.25, 0.3) is 11.3 Å². The highest BCUT2D eigenvalue weighted by Gasteiger charge is 2.30. The fourth-order valence-corrected chi connectivity index (χ4v) is 4.35. The number of benzene rings is 2. The number of hydrogen-bond acceptors (Lipinski definition) is 5. The van der Waals surface area contributed by atoms with Gasteiger partial charge in [0.05, 0.1) is 5.69 Å². The molecule has 0 spiro atoms. The summed E-state index contributed by atoms with van der Waals surface area (Å²) in [6.45, 7) is 6.36. The maximum atomic E-state index is 5.06. The van der Waals surface area contributed by atoms with Crippen LogP contribution < -0.4 is 9.80 Å². The van der Waals surface area contributed by atoms with E-state index in [9.17, 15) is 0 Å². The molecule has 1 saturated heterocycles. The first kappa shape index (κ1) is 18.1. The maximum Gasteiger partial charge on any atom is 0.232 e. The van der Waals surface area contributed by atoms with Gasteiger partial charge in [0.25, 0.3) is 0 Å². The van der Waals surface area contributed by atoms with Crippen LogP contribution in [0.3, 0.4) is 0 Å². The van der Waals surface area contributed by atoms with Crippen molar-refractivity contribution < 1.29 is 0 Å². The molecule has 5 nitrogen and oxygen atoms in total. The molecule has 5 heteroatoms. The molecule has 1 aromatic heterocycles. The third-order valence-corrected chi connectivity index (χ3v) is 6.02. The predicted molar refractivity (Wildman–Crippen MR) is 119 cm³/mol. The minimum absolute atomic E-state index is 0.346. The zero-order valence-corrected chi connectivity index (χ0v) is 17.1. The second kappa shape index (κ2) is 7.48. The predicted octanol–water partition coefficient (Wildman–Crippen LogP) is 3.98. The summed E-state index contributed by atoms with van der Waals surface area (Å²) >= 11 is 0. The highest BCUT2D eigenvalue weighted by atomic mass is 15.3. The molecule has 0 aliphatic carbocycles. The van der Waals surface area contributed by atoms with Crippen molar-refractivity contribution in [1.82, 2.24) is 14.9 Å². The molecule has 0 radical (unpaired) electrons. The first-order chi connectivity index (χ1) is 14.2. The van der Waals surface area contributed by atoms with E-state index in [0.717, 1.165) is 55.6 Å².